The molecule has 0 amide bonds. The van der Waals surface area contributed by atoms with Crippen molar-refractivity contribution >= 4 is 37.9 Å². The lowest BCUT2D eigenvalue weighted by Gasteiger charge is -1.67. The summed E-state index contributed by atoms with van der Waals surface area (Å²) in [6.07, 6.45) is 2.88. The fourth-order valence-electron chi connectivity index (χ4n) is 0. The summed E-state index contributed by atoms with van der Waals surface area (Å²) in [7, 11) is 0. The Hall–Kier alpha value is 1.05. The van der Waals surface area contributed by atoms with Gasteiger partial charge in [-0.1, -0.05) is 13.8 Å². The smallest absolute Gasteiger partial charge is 0.0101 e. The molecule has 0 aliphatic rings. The molecule has 0 saturated heterocycles. The molecule has 0 nitrogen and oxygen atoms in total. The van der Waals surface area contributed by atoms with Crippen LogP contribution in [0.4, 0.5) is 0 Å². The van der Waals surface area contributed by atoms with E-state index in [1.807, 2.05) is 6.92 Å². The van der Waals surface area contributed by atoms with Crippen LogP contribution in [0.3, 0.4) is 0 Å². The van der Waals surface area contributed by atoms with E-state index in [0.29, 0.717) is 0 Å². The molecule has 0 aliphatic carbocycles. The van der Waals surface area contributed by atoms with Gasteiger partial charge in [0.1, 0.15) is 0 Å². The zero-order chi connectivity index (χ0) is 8.12. The highest BCUT2D eigenvalue weighted by molar-refractivity contribution is 7.80. The van der Waals surface area contributed by atoms with Gasteiger partial charge in [0, 0.05) is 0 Å². The summed E-state index contributed by atoms with van der Waals surface area (Å²) >= 11 is 11.2. The summed E-state index contributed by atoms with van der Waals surface area (Å²) in [6, 6.07) is 0. The van der Waals surface area contributed by atoms with Crippen LogP contribution in [0.2, 0.25) is 0 Å². The molecule has 0 N–H and O–H groups in total. The first-order chi connectivity index (χ1) is 4.33. The zero-order valence-corrected chi connectivity index (χ0v) is 9.15. The molecule has 0 rings (SSSR count). The summed E-state index contributed by atoms with van der Waals surface area (Å²) in [5.74, 6) is 1.96. The van der Waals surface area contributed by atoms with E-state index in [1.54, 1.807) is 6.26 Å². The van der Waals surface area contributed by atoms with Crippen LogP contribution in [0.1, 0.15) is 20.3 Å². The molecule has 3 heteroatoms. The second-order valence-corrected chi connectivity index (χ2v) is 2.12. The number of hydrogen-bond donors (Lipinski definition) is 3. The van der Waals surface area contributed by atoms with Gasteiger partial charge >= 0.3 is 0 Å². The Labute approximate surface area is 76.0 Å². The van der Waals surface area contributed by atoms with Crippen LogP contribution in [0.15, 0.2) is 0 Å². The van der Waals surface area contributed by atoms with Crippen LogP contribution in [0, 0.1) is 0 Å². The molecule has 0 atom stereocenters. The van der Waals surface area contributed by atoms with Crippen molar-refractivity contribution in [3.63, 3.8) is 0 Å². The van der Waals surface area contributed by atoms with Gasteiger partial charge in [-0.05, 0) is 24.2 Å². The Morgan fingerprint density at radius 3 is 1.11 bits per heavy atom. The quantitative estimate of drug-likeness (QED) is 0.515. The molecule has 0 saturated carbocycles. The average Bonchev–Trinajstić information content (AvgIpc) is 1.94. The molecule has 0 unspecified atom stereocenters. The van der Waals surface area contributed by atoms with Gasteiger partial charge in [0.15, 0.2) is 0 Å². The fraction of sp³-hybridized carbons (Fsp3) is 1.00. The van der Waals surface area contributed by atoms with Gasteiger partial charge in [0.05, 0.1) is 0 Å². The maximum atomic E-state index is 3.92. The molecule has 0 aromatic heterocycles. The Kier molecular flexibility index (Phi) is 65.8. The standard InChI is InChI=1S/C3H8S.C2H6S.CH4S/c1-2-3-4;1-2-3;1-2/h4H,2-3H2,1H3;3H,2H2,1H3;2H,1H3. The summed E-state index contributed by atoms with van der Waals surface area (Å²) in [5.41, 5.74) is 0. The highest BCUT2D eigenvalue weighted by Crippen LogP contribution is 1.74. The molecular weight excluding hydrogens is 168 g/mol. The molecule has 9 heavy (non-hydrogen) atoms. The lowest BCUT2D eigenvalue weighted by Crippen LogP contribution is -1.56. The van der Waals surface area contributed by atoms with Crippen molar-refractivity contribution in [1.29, 1.82) is 0 Å². The minimum atomic E-state index is 0.944. The minimum Gasteiger partial charge on any atom is -0.183 e. The van der Waals surface area contributed by atoms with E-state index in [4.69, 9.17) is 0 Å². The van der Waals surface area contributed by atoms with Crippen molar-refractivity contribution in [2.24, 2.45) is 0 Å². The number of rotatable bonds is 1. The summed E-state index contributed by atoms with van der Waals surface area (Å²) in [5, 5.41) is 0. The van der Waals surface area contributed by atoms with E-state index in [1.165, 1.54) is 6.42 Å². The second kappa shape index (κ2) is 35.8. The van der Waals surface area contributed by atoms with Gasteiger partial charge < -0.3 is 0 Å². The molecule has 0 radical (unpaired) electrons. The third-order valence-corrected chi connectivity index (χ3v) is 0.671. The Morgan fingerprint density at radius 2 is 1.11 bits per heavy atom. The predicted octanol–water partition coefficient (Wildman–Crippen LogP) is 2.81. The van der Waals surface area contributed by atoms with Gasteiger partial charge in [0.25, 0.3) is 0 Å². The predicted molar refractivity (Wildman–Crippen MR) is 58.6 cm³/mol. The van der Waals surface area contributed by atoms with Gasteiger partial charge in [-0.15, -0.1) is 0 Å². The molecule has 0 aliphatic heterocycles. The fourth-order valence-corrected chi connectivity index (χ4v) is 0. The second-order valence-electron chi connectivity index (χ2n) is 1.04. The lowest BCUT2D eigenvalue weighted by molar-refractivity contribution is 1.11. The first-order valence-corrected chi connectivity index (χ1v) is 5.15. The van der Waals surface area contributed by atoms with Crippen LogP contribution in [-0.4, -0.2) is 17.8 Å². The third-order valence-electron chi connectivity index (χ3n) is 0.224. The SMILES string of the molecule is CCCS.CCS.CS. The molecule has 0 aromatic carbocycles. The van der Waals surface area contributed by atoms with Crippen LogP contribution in [0.5, 0.6) is 0 Å². The maximum absolute atomic E-state index is 3.92. The number of thiol groups is 3. The highest BCUT2D eigenvalue weighted by Gasteiger charge is 1.57. The van der Waals surface area contributed by atoms with Crippen molar-refractivity contribution in [1.82, 2.24) is 0 Å². The van der Waals surface area contributed by atoms with Gasteiger partial charge in [-0.3, -0.25) is 0 Å². The maximum Gasteiger partial charge on any atom is -0.0101 e. The van der Waals surface area contributed by atoms with E-state index in [-0.39, 0.29) is 0 Å². The van der Waals surface area contributed by atoms with E-state index >= 15 is 0 Å². The van der Waals surface area contributed by atoms with Crippen LogP contribution in [0.25, 0.3) is 0 Å². The highest BCUT2D eigenvalue weighted by atomic mass is 32.1. The van der Waals surface area contributed by atoms with Crippen LogP contribution in [-0.2, 0) is 0 Å². The van der Waals surface area contributed by atoms with Gasteiger partial charge in [-0.2, -0.15) is 37.9 Å². The van der Waals surface area contributed by atoms with Crippen LogP contribution < -0.4 is 0 Å². The van der Waals surface area contributed by atoms with Gasteiger partial charge in [-0.25, -0.2) is 0 Å². The third kappa shape index (κ3) is 107. The Morgan fingerprint density at radius 1 is 1.00 bits per heavy atom. The first-order valence-electron chi connectivity index (χ1n) is 2.99. The number of hydrogen-bond acceptors (Lipinski definition) is 3. The van der Waals surface area contributed by atoms with Crippen molar-refractivity contribution in [2.45, 2.75) is 20.3 Å². The van der Waals surface area contributed by atoms with E-state index in [0.717, 1.165) is 11.5 Å². The largest absolute Gasteiger partial charge is 0.183 e. The average molecular weight is 186 g/mol. The summed E-state index contributed by atoms with van der Waals surface area (Å²) in [6.45, 7) is 4.09. The minimum absolute atomic E-state index is 0.944. The van der Waals surface area contributed by atoms with Gasteiger partial charge in [0.2, 0.25) is 0 Å². The Bertz CT molecular complexity index is 15.8. The van der Waals surface area contributed by atoms with E-state index < -0.39 is 0 Å². The van der Waals surface area contributed by atoms with Crippen LogP contribution >= 0.6 is 37.9 Å². The molecule has 0 spiro atoms. The molecular formula is C6H18S3. The molecule has 0 aromatic rings. The molecule has 0 heterocycles. The van der Waals surface area contributed by atoms with Crippen molar-refractivity contribution < 1.29 is 0 Å². The van der Waals surface area contributed by atoms with E-state index in [9.17, 15) is 0 Å². The molecule has 0 fully saturated rings. The summed E-state index contributed by atoms with van der Waals surface area (Å²) in [4.78, 5) is 0. The van der Waals surface area contributed by atoms with Crippen molar-refractivity contribution in [3.8, 4) is 0 Å². The van der Waals surface area contributed by atoms with Crippen molar-refractivity contribution in [2.75, 3.05) is 17.8 Å². The lowest BCUT2D eigenvalue weighted by atomic mass is 10.6. The van der Waals surface area contributed by atoms with Crippen molar-refractivity contribution in [3.05, 3.63) is 0 Å². The topological polar surface area (TPSA) is 0 Å². The zero-order valence-electron chi connectivity index (χ0n) is 6.46. The Balaban J connectivity index is -0.0000000646. The summed E-state index contributed by atoms with van der Waals surface area (Å²) < 4.78 is 0. The first kappa shape index (κ1) is 16.6. The molecule has 60 valence electrons. The van der Waals surface area contributed by atoms with E-state index in [2.05, 4.69) is 44.8 Å². The normalized spacial score (nSPS) is 6.00. The monoisotopic (exact) mass is 186 g/mol. The molecule has 0 bridgehead atoms.